The van der Waals surface area contributed by atoms with Crippen molar-refractivity contribution in [2.75, 3.05) is 0 Å². The van der Waals surface area contributed by atoms with Crippen molar-refractivity contribution < 1.29 is 4.79 Å². The molecule has 0 aliphatic heterocycles. The first-order valence-electron chi connectivity index (χ1n) is 5.39. The Morgan fingerprint density at radius 1 is 1.24 bits per heavy atom. The smallest absolute Gasteiger partial charge is 0.221 e. The molecule has 0 aliphatic rings. The predicted octanol–water partition coefficient (Wildman–Crippen LogP) is 1.52. The number of carbonyl (C=O) groups is 1. The zero-order valence-corrected chi connectivity index (χ0v) is 9.13. The summed E-state index contributed by atoms with van der Waals surface area (Å²) in [4.78, 5) is 15.5. The van der Waals surface area contributed by atoms with Crippen LogP contribution < -0.4 is 5.73 Å². The minimum Gasteiger partial charge on any atom is -0.369 e. The third kappa shape index (κ3) is 1.54. The van der Waals surface area contributed by atoms with Crippen molar-refractivity contribution in [2.24, 2.45) is 5.73 Å². The molecule has 0 saturated heterocycles. The molecule has 0 aliphatic carbocycles. The van der Waals surface area contributed by atoms with Crippen LogP contribution in [0.25, 0.3) is 16.7 Å². The molecule has 0 unspecified atom stereocenters. The molecular formula is C13H11N3O. The summed E-state index contributed by atoms with van der Waals surface area (Å²) < 4.78 is 1.98. The largest absolute Gasteiger partial charge is 0.369 e. The van der Waals surface area contributed by atoms with Crippen LogP contribution in [0.3, 0.4) is 0 Å². The second-order valence-electron chi connectivity index (χ2n) is 3.97. The van der Waals surface area contributed by atoms with Gasteiger partial charge in [0, 0.05) is 11.8 Å². The molecule has 0 bridgehead atoms. The van der Waals surface area contributed by atoms with Gasteiger partial charge >= 0.3 is 0 Å². The highest BCUT2D eigenvalue weighted by Gasteiger charge is 2.09. The van der Waals surface area contributed by atoms with E-state index in [-0.39, 0.29) is 12.3 Å². The summed E-state index contributed by atoms with van der Waals surface area (Å²) in [6.45, 7) is 0. The fourth-order valence-corrected chi connectivity index (χ4v) is 2.07. The molecule has 1 amide bonds. The van der Waals surface area contributed by atoms with E-state index in [0.29, 0.717) is 0 Å². The Labute approximate surface area is 97.7 Å². The van der Waals surface area contributed by atoms with E-state index in [1.54, 1.807) is 0 Å². The van der Waals surface area contributed by atoms with E-state index in [1.165, 1.54) is 0 Å². The van der Waals surface area contributed by atoms with E-state index in [4.69, 9.17) is 5.73 Å². The van der Waals surface area contributed by atoms with Gasteiger partial charge in [0.15, 0.2) is 0 Å². The van der Waals surface area contributed by atoms with Gasteiger partial charge in [-0.2, -0.15) is 0 Å². The Kier molecular flexibility index (Phi) is 2.08. The maximum Gasteiger partial charge on any atom is 0.221 e. The lowest BCUT2D eigenvalue weighted by atomic mass is 10.2. The van der Waals surface area contributed by atoms with Crippen molar-refractivity contribution in [1.29, 1.82) is 0 Å². The van der Waals surface area contributed by atoms with Crippen LogP contribution in [0.1, 0.15) is 5.56 Å². The van der Waals surface area contributed by atoms with Crippen LogP contribution in [-0.4, -0.2) is 15.3 Å². The molecule has 0 atom stereocenters. The van der Waals surface area contributed by atoms with Gasteiger partial charge in [-0.3, -0.25) is 9.20 Å². The number of nitrogens with zero attached hydrogens (tertiary/aromatic N) is 2. The maximum absolute atomic E-state index is 11.0. The molecule has 3 rings (SSSR count). The summed E-state index contributed by atoms with van der Waals surface area (Å²) in [7, 11) is 0. The second-order valence-corrected chi connectivity index (χ2v) is 3.97. The summed E-state index contributed by atoms with van der Waals surface area (Å²) in [5.74, 6) is -0.342. The monoisotopic (exact) mass is 225 g/mol. The van der Waals surface area contributed by atoms with Crippen LogP contribution in [0.4, 0.5) is 0 Å². The molecule has 2 N–H and O–H groups in total. The Balaban J connectivity index is 2.35. The highest BCUT2D eigenvalue weighted by molar-refractivity contribution is 5.84. The van der Waals surface area contributed by atoms with Crippen molar-refractivity contribution in [3.63, 3.8) is 0 Å². The number of hydrogen-bond acceptors (Lipinski definition) is 2. The van der Waals surface area contributed by atoms with Crippen LogP contribution in [0.15, 0.2) is 42.6 Å². The molecule has 3 aromatic rings. The quantitative estimate of drug-likeness (QED) is 0.718. The fraction of sp³-hybridized carbons (Fsp3) is 0.0769. The third-order valence-corrected chi connectivity index (χ3v) is 2.78. The van der Waals surface area contributed by atoms with Gasteiger partial charge in [-0.15, -0.1) is 0 Å². The number of nitrogens with two attached hydrogens (primary N) is 1. The first kappa shape index (κ1) is 9.84. The SMILES string of the molecule is NC(=O)Cc1cccn2c1nc1ccccc12. The van der Waals surface area contributed by atoms with Crippen LogP contribution in [0.5, 0.6) is 0 Å². The summed E-state index contributed by atoms with van der Waals surface area (Å²) in [5, 5.41) is 0. The van der Waals surface area contributed by atoms with Crippen LogP contribution in [-0.2, 0) is 11.2 Å². The Morgan fingerprint density at radius 2 is 2.06 bits per heavy atom. The molecule has 17 heavy (non-hydrogen) atoms. The summed E-state index contributed by atoms with van der Waals surface area (Å²) in [6, 6.07) is 11.7. The maximum atomic E-state index is 11.0. The van der Waals surface area contributed by atoms with Gasteiger partial charge in [0.05, 0.1) is 17.5 Å². The first-order chi connectivity index (χ1) is 8.25. The highest BCUT2D eigenvalue weighted by Crippen LogP contribution is 2.19. The Bertz CT molecular complexity index is 715. The Hall–Kier alpha value is -2.36. The minimum absolute atomic E-state index is 0.216. The van der Waals surface area contributed by atoms with Gasteiger partial charge in [0.25, 0.3) is 0 Å². The predicted molar refractivity (Wildman–Crippen MR) is 65.6 cm³/mol. The molecule has 84 valence electrons. The highest BCUT2D eigenvalue weighted by atomic mass is 16.1. The zero-order chi connectivity index (χ0) is 11.8. The Morgan fingerprint density at radius 3 is 2.88 bits per heavy atom. The van der Waals surface area contributed by atoms with Crippen LogP contribution >= 0.6 is 0 Å². The number of hydrogen-bond donors (Lipinski definition) is 1. The average molecular weight is 225 g/mol. The number of fused-ring (bicyclic) bond motifs is 3. The number of para-hydroxylation sites is 2. The molecule has 2 heterocycles. The molecule has 0 radical (unpaired) electrons. The van der Waals surface area contributed by atoms with E-state index < -0.39 is 0 Å². The third-order valence-electron chi connectivity index (χ3n) is 2.78. The van der Waals surface area contributed by atoms with Gasteiger partial charge in [0.1, 0.15) is 5.65 Å². The van der Waals surface area contributed by atoms with Crippen molar-refractivity contribution in [3.8, 4) is 0 Å². The molecule has 0 fully saturated rings. The lowest BCUT2D eigenvalue weighted by Gasteiger charge is -2.00. The van der Waals surface area contributed by atoms with E-state index in [0.717, 1.165) is 22.2 Å². The van der Waals surface area contributed by atoms with Crippen molar-refractivity contribution in [2.45, 2.75) is 6.42 Å². The van der Waals surface area contributed by atoms with Crippen molar-refractivity contribution in [1.82, 2.24) is 9.38 Å². The van der Waals surface area contributed by atoms with Crippen molar-refractivity contribution >= 4 is 22.6 Å². The summed E-state index contributed by atoms with van der Waals surface area (Å²) in [5.41, 5.74) is 8.85. The standard InChI is InChI=1S/C13H11N3O/c14-12(17)8-9-4-3-7-16-11-6-2-1-5-10(11)15-13(9)16/h1-7H,8H2,(H2,14,17). The van der Waals surface area contributed by atoms with E-state index in [2.05, 4.69) is 4.98 Å². The molecule has 0 saturated carbocycles. The molecule has 2 aromatic heterocycles. The number of imidazole rings is 1. The number of pyridine rings is 1. The number of benzene rings is 1. The first-order valence-corrected chi connectivity index (χ1v) is 5.39. The topological polar surface area (TPSA) is 60.4 Å². The fourth-order valence-electron chi connectivity index (χ4n) is 2.07. The van der Waals surface area contributed by atoms with E-state index in [1.807, 2.05) is 47.0 Å². The normalized spacial score (nSPS) is 11.1. The zero-order valence-electron chi connectivity index (χ0n) is 9.13. The number of amides is 1. The van der Waals surface area contributed by atoms with Gasteiger partial charge < -0.3 is 5.73 Å². The van der Waals surface area contributed by atoms with Crippen LogP contribution in [0.2, 0.25) is 0 Å². The number of rotatable bonds is 2. The van der Waals surface area contributed by atoms with E-state index >= 15 is 0 Å². The van der Waals surface area contributed by atoms with Gasteiger partial charge in [0.2, 0.25) is 5.91 Å². The second kappa shape index (κ2) is 3.59. The van der Waals surface area contributed by atoms with E-state index in [9.17, 15) is 4.79 Å². The molecular weight excluding hydrogens is 214 g/mol. The average Bonchev–Trinajstić information content (AvgIpc) is 2.68. The number of aromatic nitrogens is 2. The number of carbonyl (C=O) groups excluding carboxylic acids is 1. The number of primary amides is 1. The summed E-state index contributed by atoms with van der Waals surface area (Å²) >= 11 is 0. The molecule has 4 heteroatoms. The lowest BCUT2D eigenvalue weighted by Crippen LogP contribution is -2.14. The summed E-state index contributed by atoms with van der Waals surface area (Å²) in [6.07, 6.45) is 2.16. The molecule has 0 spiro atoms. The van der Waals surface area contributed by atoms with Crippen LogP contribution in [0, 0.1) is 0 Å². The lowest BCUT2D eigenvalue weighted by molar-refractivity contribution is -0.117. The van der Waals surface area contributed by atoms with Gasteiger partial charge in [-0.25, -0.2) is 4.98 Å². The van der Waals surface area contributed by atoms with Gasteiger partial charge in [-0.05, 0) is 18.2 Å². The minimum atomic E-state index is -0.342. The van der Waals surface area contributed by atoms with Gasteiger partial charge in [-0.1, -0.05) is 18.2 Å². The molecule has 4 nitrogen and oxygen atoms in total. The molecule has 1 aromatic carbocycles. The van der Waals surface area contributed by atoms with Crippen molar-refractivity contribution in [3.05, 3.63) is 48.2 Å².